The molecule has 9 nitrogen and oxygen atoms in total. The molecular formula is C33H40N2O7. The van der Waals surface area contributed by atoms with Gasteiger partial charge in [-0.1, -0.05) is 85.7 Å². The quantitative estimate of drug-likeness (QED) is 0.308. The van der Waals surface area contributed by atoms with Crippen LogP contribution in [0.3, 0.4) is 0 Å². The van der Waals surface area contributed by atoms with E-state index in [1.165, 1.54) is 0 Å². The summed E-state index contributed by atoms with van der Waals surface area (Å²) < 4.78 is 11.0. The van der Waals surface area contributed by atoms with Crippen molar-refractivity contribution >= 4 is 23.8 Å². The summed E-state index contributed by atoms with van der Waals surface area (Å²) in [5.41, 5.74) is 1.10. The highest BCUT2D eigenvalue weighted by Gasteiger charge is 2.36. The largest absolute Gasteiger partial charge is 0.463 e. The Bertz CT molecular complexity index is 1230. The number of carbonyl (C=O) groups is 4. The van der Waals surface area contributed by atoms with Crippen molar-refractivity contribution < 1.29 is 33.8 Å². The van der Waals surface area contributed by atoms with Crippen LogP contribution in [0.5, 0.6) is 0 Å². The monoisotopic (exact) mass is 576 g/mol. The van der Waals surface area contributed by atoms with E-state index in [9.17, 15) is 24.3 Å². The van der Waals surface area contributed by atoms with Gasteiger partial charge in [0.15, 0.2) is 6.04 Å². The van der Waals surface area contributed by atoms with Crippen LogP contribution in [0, 0.1) is 11.8 Å². The molecule has 1 heterocycles. The highest BCUT2D eigenvalue weighted by molar-refractivity contribution is 5.89. The lowest BCUT2D eigenvalue weighted by Gasteiger charge is -2.29. The van der Waals surface area contributed by atoms with E-state index in [0.29, 0.717) is 25.7 Å². The van der Waals surface area contributed by atoms with Gasteiger partial charge in [0, 0.05) is 6.42 Å². The molecule has 4 rings (SSSR count). The molecule has 1 fully saturated rings. The van der Waals surface area contributed by atoms with E-state index in [0.717, 1.165) is 24.0 Å². The molecule has 0 saturated heterocycles. The Kier molecular flexibility index (Phi) is 11.3. The maximum Gasteiger partial charge on any atom is 0.332 e. The Morgan fingerprint density at radius 3 is 2.19 bits per heavy atom. The fraction of sp³-hybridized carbons (Fsp3) is 0.455. The van der Waals surface area contributed by atoms with Crippen molar-refractivity contribution in [1.29, 1.82) is 0 Å². The standard InChI is InChI=1S/C33H40N2O7/c36-23-33(17-9-10-18-33)35-29(37)20-26-15-7-8-16-27(19-24-11-3-1-4-12-24)31(39)42-22-28(34-30(26)38)32(40)41-21-25-13-5-2-6-14-25/h1-8,11-14,26-28,36H,9-10,15-23H2,(H,34,38)(H,35,37). The summed E-state index contributed by atoms with van der Waals surface area (Å²) in [6.45, 7) is -0.548. The summed E-state index contributed by atoms with van der Waals surface area (Å²) in [6.07, 6.45) is 7.81. The molecule has 2 amide bonds. The third-order valence-electron chi connectivity index (χ3n) is 7.95. The lowest BCUT2D eigenvalue weighted by atomic mass is 9.93. The summed E-state index contributed by atoms with van der Waals surface area (Å²) in [5.74, 6) is -3.32. The number of aliphatic hydroxyl groups is 1. The van der Waals surface area contributed by atoms with E-state index < -0.39 is 41.3 Å². The number of rotatable bonds is 9. The molecule has 2 aliphatic rings. The molecule has 9 heteroatoms. The molecular weight excluding hydrogens is 536 g/mol. The minimum Gasteiger partial charge on any atom is -0.463 e. The first kappa shape index (κ1) is 31.0. The smallest absolute Gasteiger partial charge is 0.332 e. The second-order valence-corrected chi connectivity index (χ2v) is 11.2. The predicted molar refractivity (Wildman–Crippen MR) is 156 cm³/mol. The van der Waals surface area contributed by atoms with Crippen LogP contribution in [-0.4, -0.2) is 53.7 Å². The Balaban J connectivity index is 1.50. The topological polar surface area (TPSA) is 131 Å². The van der Waals surface area contributed by atoms with Crippen LogP contribution in [0.2, 0.25) is 0 Å². The molecule has 3 N–H and O–H groups in total. The number of hydrogen-bond donors (Lipinski definition) is 3. The highest BCUT2D eigenvalue weighted by Crippen LogP contribution is 2.29. The van der Waals surface area contributed by atoms with Gasteiger partial charge in [-0.15, -0.1) is 0 Å². The van der Waals surface area contributed by atoms with Gasteiger partial charge in [-0.25, -0.2) is 4.79 Å². The van der Waals surface area contributed by atoms with Crippen molar-refractivity contribution in [2.45, 2.75) is 69.6 Å². The lowest BCUT2D eigenvalue weighted by molar-refractivity contribution is -0.157. The van der Waals surface area contributed by atoms with Crippen molar-refractivity contribution in [3.8, 4) is 0 Å². The van der Waals surface area contributed by atoms with Gasteiger partial charge in [-0.3, -0.25) is 14.4 Å². The summed E-state index contributed by atoms with van der Waals surface area (Å²) in [4.78, 5) is 52.6. The van der Waals surface area contributed by atoms with Gasteiger partial charge in [-0.2, -0.15) is 0 Å². The number of ether oxygens (including phenoxy) is 2. The first-order valence-electron chi connectivity index (χ1n) is 14.7. The molecule has 42 heavy (non-hydrogen) atoms. The molecule has 224 valence electrons. The molecule has 2 aromatic carbocycles. The molecule has 3 atom stereocenters. The van der Waals surface area contributed by atoms with Gasteiger partial charge in [-0.05, 0) is 43.2 Å². The molecule has 0 radical (unpaired) electrons. The van der Waals surface area contributed by atoms with Gasteiger partial charge in [0.2, 0.25) is 11.8 Å². The number of esters is 2. The summed E-state index contributed by atoms with van der Waals surface area (Å²) in [7, 11) is 0. The molecule has 0 spiro atoms. The third-order valence-corrected chi connectivity index (χ3v) is 7.95. The highest BCUT2D eigenvalue weighted by atomic mass is 16.6. The van der Waals surface area contributed by atoms with Crippen LogP contribution in [0.1, 0.15) is 56.1 Å². The average Bonchev–Trinajstić information content (AvgIpc) is 3.47. The minimum atomic E-state index is -1.24. The summed E-state index contributed by atoms with van der Waals surface area (Å²) in [6, 6.07) is 17.5. The van der Waals surface area contributed by atoms with E-state index in [-0.39, 0.29) is 38.6 Å². The minimum absolute atomic E-state index is 0.00552. The first-order valence-corrected chi connectivity index (χ1v) is 14.7. The fourth-order valence-electron chi connectivity index (χ4n) is 5.48. The van der Waals surface area contributed by atoms with E-state index in [2.05, 4.69) is 10.6 Å². The average molecular weight is 577 g/mol. The van der Waals surface area contributed by atoms with Crippen LogP contribution in [0.25, 0.3) is 0 Å². The second-order valence-electron chi connectivity index (χ2n) is 11.2. The fourth-order valence-corrected chi connectivity index (χ4v) is 5.48. The van der Waals surface area contributed by atoms with Gasteiger partial charge in [0.25, 0.3) is 0 Å². The van der Waals surface area contributed by atoms with Crippen LogP contribution >= 0.6 is 0 Å². The van der Waals surface area contributed by atoms with Gasteiger partial charge >= 0.3 is 11.9 Å². The molecule has 1 aliphatic heterocycles. The number of cyclic esters (lactones) is 1. The second kappa shape index (κ2) is 15.3. The first-order chi connectivity index (χ1) is 20.4. The number of allylic oxidation sites excluding steroid dienone is 2. The number of nitrogens with one attached hydrogen (secondary N) is 2. The van der Waals surface area contributed by atoms with Crippen LogP contribution in [0.4, 0.5) is 0 Å². The Morgan fingerprint density at radius 2 is 1.55 bits per heavy atom. The van der Waals surface area contributed by atoms with Gasteiger partial charge < -0.3 is 25.2 Å². The predicted octanol–water partition coefficient (Wildman–Crippen LogP) is 3.39. The molecule has 0 aromatic heterocycles. The van der Waals surface area contributed by atoms with Crippen LogP contribution < -0.4 is 10.6 Å². The molecule has 1 saturated carbocycles. The third kappa shape index (κ3) is 9.01. The Morgan fingerprint density at radius 1 is 0.929 bits per heavy atom. The lowest BCUT2D eigenvalue weighted by Crippen LogP contribution is -2.51. The number of carbonyl (C=O) groups excluding carboxylic acids is 4. The number of amides is 2. The zero-order valence-corrected chi connectivity index (χ0v) is 23.8. The maximum atomic E-state index is 13.4. The van der Waals surface area contributed by atoms with Crippen molar-refractivity contribution in [3.05, 3.63) is 83.9 Å². The molecule has 2 aromatic rings. The number of aliphatic hydroxyl groups excluding tert-OH is 1. The maximum absolute atomic E-state index is 13.4. The van der Waals surface area contributed by atoms with Crippen LogP contribution in [0.15, 0.2) is 72.8 Å². The normalized spacial score (nSPS) is 22.6. The molecule has 0 bridgehead atoms. The van der Waals surface area contributed by atoms with Crippen molar-refractivity contribution in [3.63, 3.8) is 0 Å². The summed E-state index contributed by atoms with van der Waals surface area (Å²) in [5, 5.41) is 15.5. The Labute approximate surface area is 246 Å². The van der Waals surface area contributed by atoms with E-state index in [1.807, 2.05) is 66.7 Å². The van der Waals surface area contributed by atoms with Crippen molar-refractivity contribution in [2.24, 2.45) is 11.8 Å². The van der Waals surface area contributed by atoms with E-state index in [1.54, 1.807) is 6.08 Å². The van der Waals surface area contributed by atoms with Gasteiger partial charge in [0.1, 0.15) is 13.2 Å². The van der Waals surface area contributed by atoms with Crippen molar-refractivity contribution in [2.75, 3.05) is 13.2 Å². The van der Waals surface area contributed by atoms with Crippen molar-refractivity contribution in [1.82, 2.24) is 10.6 Å². The SMILES string of the molecule is O=C(CC1CC=CCC(Cc2ccccc2)C(=O)OCC(C(=O)OCc2ccccc2)NC1=O)NC1(CO)CCCC1. The number of hydrogen-bond acceptors (Lipinski definition) is 7. The van der Waals surface area contributed by atoms with E-state index in [4.69, 9.17) is 9.47 Å². The van der Waals surface area contributed by atoms with Crippen LogP contribution in [-0.2, 0) is 41.7 Å². The zero-order chi connectivity index (χ0) is 29.8. The zero-order valence-electron chi connectivity index (χ0n) is 23.8. The molecule has 1 aliphatic carbocycles. The number of benzene rings is 2. The molecule has 3 unspecified atom stereocenters. The van der Waals surface area contributed by atoms with Gasteiger partial charge in [0.05, 0.1) is 24.0 Å². The Hall–Kier alpha value is -3.98. The van der Waals surface area contributed by atoms with E-state index >= 15 is 0 Å². The summed E-state index contributed by atoms with van der Waals surface area (Å²) >= 11 is 0.